The van der Waals surface area contributed by atoms with Crippen molar-refractivity contribution in [1.29, 1.82) is 0 Å². The molecule has 1 unspecified atom stereocenters. The van der Waals surface area contributed by atoms with E-state index >= 15 is 0 Å². The number of amides is 2. The average Bonchev–Trinajstić information content (AvgIpc) is 2.83. The van der Waals surface area contributed by atoms with Gasteiger partial charge in [-0.3, -0.25) is 14.4 Å². The Morgan fingerprint density at radius 2 is 1.86 bits per heavy atom. The summed E-state index contributed by atoms with van der Waals surface area (Å²) in [5.41, 5.74) is -1.32. The Morgan fingerprint density at radius 1 is 1.27 bits per heavy atom. The predicted molar refractivity (Wildman–Crippen MR) is 83.2 cm³/mol. The zero-order chi connectivity index (χ0) is 17.1. The second-order valence-corrected chi connectivity index (χ2v) is 7.44. The molecule has 1 aliphatic heterocycles. The van der Waals surface area contributed by atoms with Crippen molar-refractivity contribution in [2.75, 3.05) is 19.6 Å². The fourth-order valence-electron chi connectivity index (χ4n) is 2.65. The standard InChI is InChI=1S/C16H28N2O4/c1-11(2)16(14(21)22)7-9-18(10-16)12(19)6-8-17-13(20)15(3,4)5/h11H,6-10H2,1-5H3,(H,17,20)(H,21,22). The van der Waals surface area contributed by atoms with Gasteiger partial charge in [-0.25, -0.2) is 0 Å². The molecule has 1 aliphatic rings. The first-order chi connectivity index (χ1) is 10.0. The molecular formula is C16H28N2O4. The molecule has 0 saturated carbocycles. The Labute approximate surface area is 132 Å². The number of hydrogen-bond acceptors (Lipinski definition) is 3. The molecule has 0 aliphatic carbocycles. The quantitative estimate of drug-likeness (QED) is 0.805. The van der Waals surface area contributed by atoms with Crippen molar-refractivity contribution in [3.05, 3.63) is 0 Å². The fraction of sp³-hybridized carbons (Fsp3) is 0.812. The normalized spacial score (nSPS) is 22.0. The number of carboxylic acids is 1. The highest BCUT2D eigenvalue weighted by Crippen LogP contribution is 2.38. The fourth-order valence-corrected chi connectivity index (χ4v) is 2.65. The SMILES string of the molecule is CC(C)C1(C(=O)O)CCN(C(=O)CCNC(=O)C(C)(C)C)C1. The molecule has 2 amide bonds. The van der Waals surface area contributed by atoms with Crippen molar-refractivity contribution in [1.82, 2.24) is 10.2 Å². The van der Waals surface area contributed by atoms with Gasteiger partial charge in [0.05, 0.1) is 5.41 Å². The summed E-state index contributed by atoms with van der Waals surface area (Å²) in [6, 6.07) is 0. The zero-order valence-corrected chi connectivity index (χ0v) is 14.2. The van der Waals surface area contributed by atoms with E-state index < -0.39 is 16.8 Å². The van der Waals surface area contributed by atoms with Crippen LogP contribution in [0.3, 0.4) is 0 Å². The van der Waals surface area contributed by atoms with Crippen LogP contribution < -0.4 is 5.32 Å². The molecule has 0 spiro atoms. The lowest BCUT2D eigenvalue weighted by molar-refractivity contribution is -0.151. The Kier molecular flexibility index (Phi) is 5.59. The third-order valence-corrected chi connectivity index (χ3v) is 4.49. The monoisotopic (exact) mass is 312 g/mol. The van der Waals surface area contributed by atoms with Gasteiger partial charge in [-0.1, -0.05) is 34.6 Å². The molecule has 1 fully saturated rings. The first kappa shape index (κ1) is 18.5. The zero-order valence-electron chi connectivity index (χ0n) is 14.2. The molecule has 2 N–H and O–H groups in total. The van der Waals surface area contributed by atoms with Crippen LogP contribution in [0.4, 0.5) is 0 Å². The van der Waals surface area contributed by atoms with Gasteiger partial charge in [0, 0.05) is 31.5 Å². The van der Waals surface area contributed by atoms with Gasteiger partial charge in [-0.15, -0.1) is 0 Å². The maximum absolute atomic E-state index is 12.2. The van der Waals surface area contributed by atoms with Gasteiger partial charge in [0.15, 0.2) is 0 Å². The molecule has 1 atom stereocenters. The summed E-state index contributed by atoms with van der Waals surface area (Å²) in [6.07, 6.45) is 0.690. The molecule has 6 heteroatoms. The minimum absolute atomic E-state index is 0.0246. The molecule has 0 aromatic carbocycles. The summed E-state index contributed by atoms with van der Waals surface area (Å²) in [4.78, 5) is 37.1. The Morgan fingerprint density at radius 3 is 2.27 bits per heavy atom. The van der Waals surface area contributed by atoms with E-state index in [0.717, 1.165) is 0 Å². The minimum Gasteiger partial charge on any atom is -0.481 e. The molecule has 126 valence electrons. The minimum atomic E-state index is -0.843. The molecule has 1 heterocycles. The highest BCUT2D eigenvalue weighted by molar-refractivity contribution is 5.83. The summed E-state index contributed by atoms with van der Waals surface area (Å²) < 4.78 is 0. The maximum atomic E-state index is 12.2. The number of rotatable bonds is 5. The molecule has 22 heavy (non-hydrogen) atoms. The first-order valence-electron chi connectivity index (χ1n) is 7.80. The largest absolute Gasteiger partial charge is 0.481 e. The highest BCUT2D eigenvalue weighted by atomic mass is 16.4. The molecule has 1 rings (SSSR count). The maximum Gasteiger partial charge on any atom is 0.311 e. The number of likely N-dealkylation sites (tertiary alicyclic amines) is 1. The number of nitrogens with zero attached hydrogens (tertiary/aromatic N) is 1. The lowest BCUT2D eigenvalue weighted by Crippen LogP contribution is -2.41. The number of carbonyl (C=O) groups is 3. The van der Waals surface area contributed by atoms with Crippen LogP contribution in [0.5, 0.6) is 0 Å². The summed E-state index contributed by atoms with van der Waals surface area (Å²) in [5.74, 6) is -1.05. The van der Waals surface area contributed by atoms with Crippen LogP contribution in [-0.4, -0.2) is 47.4 Å². The van der Waals surface area contributed by atoms with Crippen molar-refractivity contribution in [2.45, 2.75) is 47.5 Å². The summed E-state index contributed by atoms with van der Waals surface area (Å²) in [7, 11) is 0. The Bertz CT molecular complexity index is 454. The summed E-state index contributed by atoms with van der Waals surface area (Å²) in [6.45, 7) is 10.2. The number of hydrogen-bond donors (Lipinski definition) is 2. The van der Waals surface area contributed by atoms with Gasteiger partial charge in [0.25, 0.3) is 0 Å². The van der Waals surface area contributed by atoms with Gasteiger partial charge in [-0.05, 0) is 12.3 Å². The molecule has 0 aromatic rings. The van der Waals surface area contributed by atoms with Crippen LogP contribution in [0, 0.1) is 16.7 Å². The molecule has 6 nitrogen and oxygen atoms in total. The van der Waals surface area contributed by atoms with Crippen molar-refractivity contribution < 1.29 is 19.5 Å². The molecular weight excluding hydrogens is 284 g/mol. The van der Waals surface area contributed by atoms with E-state index in [0.29, 0.717) is 13.0 Å². The molecule has 0 aromatic heterocycles. The van der Waals surface area contributed by atoms with Crippen molar-refractivity contribution >= 4 is 17.8 Å². The van der Waals surface area contributed by atoms with E-state index in [2.05, 4.69) is 5.32 Å². The third-order valence-electron chi connectivity index (χ3n) is 4.49. The summed E-state index contributed by atoms with van der Waals surface area (Å²) in [5, 5.41) is 12.2. The average molecular weight is 312 g/mol. The van der Waals surface area contributed by atoms with Crippen LogP contribution in [0.2, 0.25) is 0 Å². The number of carboxylic acid groups (broad SMARTS) is 1. The van der Waals surface area contributed by atoms with E-state index in [1.165, 1.54) is 0 Å². The van der Waals surface area contributed by atoms with Crippen LogP contribution in [0.25, 0.3) is 0 Å². The van der Waals surface area contributed by atoms with Crippen LogP contribution in [0.1, 0.15) is 47.5 Å². The lowest BCUT2D eigenvalue weighted by atomic mass is 9.76. The predicted octanol–water partition coefficient (Wildman–Crippen LogP) is 1.50. The van der Waals surface area contributed by atoms with E-state index in [-0.39, 0.29) is 37.2 Å². The second-order valence-electron chi connectivity index (χ2n) is 7.44. The van der Waals surface area contributed by atoms with Gasteiger partial charge in [0.2, 0.25) is 11.8 Å². The van der Waals surface area contributed by atoms with E-state index in [4.69, 9.17) is 0 Å². The van der Waals surface area contributed by atoms with Gasteiger partial charge < -0.3 is 15.3 Å². The van der Waals surface area contributed by atoms with Gasteiger partial charge >= 0.3 is 5.97 Å². The Hall–Kier alpha value is -1.59. The number of nitrogens with one attached hydrogen (secondary N) is 1. The topological polar surface area (TPSA) is 86.7 Å². The van der Waals surface area contributed by atoms with Gasteiger partial charge in [0.1, 0.15) is 0 Å². The number of carbonyl (C=O) groups excluding carboxylic acids is 2. The molecule has 1 saturated heterocycles. The van der Waals surface area contributed by atoms with Crippen molar-refractivity contribution in [3.63, 3.8) is 0 Å². The second kappa shape index (κ2) is 6.67. The van der Waals surface area contributed by atoms with Crippen LogP contribution in [-0.2, 0) is 14.4 Å². The van der Waals surface area contributed by atoms with Gasteiger partial charge in [-0.2, -0.15) is 0 Å². The van der Waals surface area contributed by atoms with Crippen molar-refractivity contribution in [3.8, 4) is 0 Å². The number of aliphatic carboxylic acids is 1. The van der Waals surface area contributed by atoms with E-state index in [1.54, 1.807) is 4.90 Å². The van der Waals surface area contributed by atoms with E-state index in [9.17, 15) is 19.5 Å². The first-order valence-corrected chi connectivity index (χ1v) is 7.80. The summed E-state index contributed by atoms with van der Waals surface area (Å²) >= 11 is 0. The Balaban J connectivity index is 2.52. The van der Waals surface area contributed by atoms with E-state index in [1.807, 2.05) is 34.6 Å². The van der Waals surface area contributed by atoms with Crippen LogP contribution in [0.15, 0.2) is 0 Å². The smallest absolute Gasteiger partial charge is 0.311 e. The lowest BCUT2D eigenvalue weighted by Gasteiger charge is -2.28. The highest BCUT2D eigenvalue weighted by Gasteiger charge is 2.48. The molecule has 0 bridgehead atoms. The van der Waals surface area contributed by atoms with Crippen LogP contribution >= 0.6 is 0 Å². The third kappa shape index (κ3) is 3.99. The molecule has 0 radical (unpaired) electrons. The van der Waals surface area contributed by atoms with Crippen molar-refractivity contribution in [2.24, 2.45) is 16.7 Å².